The molecule has 1 rings (SSSR count). The SMILES string of the molecule is CCCC(NC(=O)OCc1ccccc1)C(=O)NC(CO)C(=O)OC. The summed E-state index contributed by atoms with van der Waals surface area (Å²) in [6.45, 7) is 1.32. The lowest BCUT2D eigenvalue weighted by Crippen LogP contribution is -2.53. The van der Waals surface area contributed by atoms with Crippen LogP contribution in [0.3, 0.4) is 0 Å². The van der Waals surface area contributed by atoms with E-state index in [0.717, 1.165) is 12.7 Å². The van der Waals surface area contributed by atoms with E-state index in [2.05, 4.69) is 15.4 Å². The standard InChI is InChI=1S/C17H24N2O6/c1-3-7-13(15(21)18-14(10-20)16(22)24-2)19-17(23)25-11-12-8-5-4-6-9-12/h4-6,8-9,13-14,20H,3,7,10-11H2,1-2H3,(H,18,21)(H,19,23). The van der Waals surface area contributed by atoms with Gasteiger partial charge in [-0.25, -0.2) is 9.59 Å². The third-order valence-corrected chi connectivity index (χ3v) is 3.38. The molecule has 0 fully saturated rings. The summed E-state index contributed by atoms with van der Waals surface area (Å²) < 4.78 is 9.57. The van der Waals surface area contributed by atoms with E-state index in [1.54, 1.807) is 0 Å². The maximum absolute atomic E-state index is 12.2. The van der Waals surface area contributed by atoms with E-state index in [9.17, 15) is 14.4 Å². The van der Waals surface area contributed by atoms with Crippen molar-refractivity contribution >= 4 is 18.0 Å². The molecule has 2 amide bonds. The van der Waals surface area contributed by atoms with Gasteiger partial charge in [-0.05, 0) is 12.0 Å². The largest absolute Gasteiger partial charge is 0.467 e. The minimum atomic E-state index is -1.18. The average molecular weight is 352 g/mol. The molecule has 0 aromatic heterocycles. The number of esters is 1. The highest BCUT2D eigenvalue weighted by atomic mass is 16.5. The number of carbonyl (C=O) groups is 3. The molecule has 0 heterocycles. The van der Waals surface area contributed by atoms with Gasteiger partial charge in [0.15, 0.2) is 6.04 Å². The van der Waals surface area contributed by atoms with E-state index in [1.165, 1.54) is 0 Å². The number of aliphatic hydroxyl groups is 1. The summed E-state index contributed by atoms with van der Waals surface area (Å²) >= 11 is 0. The molecule has 3 N–H and O–H groups in total. The Morgan fingerprint density at radius 1 is 1.12 bits per heavy atom. The Morgan fingerprint density at radius 2 is 1.80 bits per heavy atom. The lowest BCUT2D eigenvalue weighted by molar-refractivity contribution is -0.146. The van der Waals surface area contributed by atoms with Gasteiger partial charge in [0.2, 0.25) is 5.91 Å². The molecule has 0 bridgehead atoms. The molecule has 1 aromatic rings. The third-order valence-electron chi connectivity index (χ3n) is 3.38. The Morgan fingerprint density at radius 3 is 2.36 bits per heavy atom. The molecule has 1 aromatic carbocycles. The highest BCUT2D eigenvalue weighted by Gasteiger charge is 2.26. The predicted molar refractivity (Wildman–Crippen MR) is 89.5 cm³/mol. The topological polar surface area (TPSA) is 114 Å². The molecular formula is C17H24N2O6. The lowest BCUT2D eigenvalue weighted by atomic mass is 10.1. The fourth-order valence-corrected chi connectivity index (χ4v) is 2.06. The van der Waals surface area contributed by atoms with Crippen molar-refractivity contribution in [1.82, 2.24) is 10.6 Å². The minimum Gasteiger partial charge on any atom is -0.467 e. The van der Waals surface area contributed by atoms with Crippen molar-refractivity contribution in [1.29, 1.82) is 0 Å². The Labute approximate surface area is 146 Å². The zero-order valence-electron chi connectivity index (χ0n) is 14.4. The number of hydrogen-bond donors (Lipinski definition) is 3. The number of alkyl carbamates (subject to hydrolysis) is 1. The highest BCUT2D eigenvalue weighted by molar-refractivity contribution is 5.89. The summed E-state index contributed by atoms with van der Waals surface area (Å²) in [7, 11) is 1.15. The van der Waals surface area contributed by atoms with Crippen LogP contribution >= 0.6 is 0 Å². The number of amides is 2. The van der Waals surface area contributed by atoms with Gasteiger partial charge in [0.05, 0.1) is 13.7 Å². The van der Waals surface area contributed by atoms with Crippen LogP contribution in [0.25, 0.3) is 0 Å². The van der Waals surface area contributed by atoms with Crippen LogP contribution < -0.4 is 10.6 Å². The van der Waals surface area contributed by atoms with Gasteiger partial charge in [-0.2, -0.15) is 0 Å². The van der Waals surface area contributed by atoms with E-state index >= 15 is 0 Å². The van der Waals surface area contributed by atoms with Crippen molar-refractivity contribution in [3.05, 3.63) is 35.9 Å². The van der Waals surface area contributed by atoms with Crippen molar-refractivity contribution in [3.63, 3.8) is 0 Å². The van der Waals surface area contributed by atoms with Crippen LogP contribution in [0.15, 0.2) is 30.3 Å². The van der Waals surface area contributed by atoms with Crippen molar-refractivity contribution in [2.24, 2.45) is 0 Å². The second kappa shape index (κ2) is 11.0. The van der Waals surface area contributed by atoms with Crippen molar-refractivity contribution in [2.45, 2.75) is 38.5 Å². The maximum Gasteiger partial charge on any atom is 0.408 e. The fourth-order valence-electron chi connectivity index (χ4n) is 2.06. The second-order valence-electron chi connectivity index (χ2n) is 5.31. The lowest BCUT2D eigenvalue weighted by Gasteiger charge is -2.20. The molecule has 2 unspecified atom stereocenters. The van der Waals surface area contributed by atoms with Gasteiger partial charge in [-0.15, -0.1) is 0 Å². The molecule has 2 atom stereocenters. The molecule has 138 valence electrons. The van der Waals surface area contributed by atoms with Crippen LogP contribution in [0.4, 0.5) is 4.79 Å². The molecule has 0 radical (unpaired) electrons. The molecule has 0 aliphatic rings. The van der Waals surface area contributed by atoms with Gasteiger partial charge in [0.1, 0.15) is 12.6 Å². The van der Waals surface area contributed by atoms with Gasteiger partial charge in [0.25, 0.3) is 0 Å². The van der Waals surface area contributed by atoms with Gasteiger partial charge < -0.3 is 25.2 Å². The first-order valence-corrected chi connectivity index (χ1v) is 7.98. The van der Waals surface area contributed by atoms with Crippen LogP contribution in [0, 0.1) is 0 Å². The van der Waals surface area contributed by atoms with E-state index in [4.69, 9.17) is 9.84 Å². The quantitative estimate of drug-likeness (QED) is 0.565. The highest BCUT2D eigenvalue weighted by Crippen LogP contribution is 2.03. The van der Waals surface area contributed by atoms with Crippen LogP contribution in [-0.2, 0) is 25.7 Å². The molecule has 0 spiro atoms. The van der Waals surface area contributed by atoms with Crippen molar-refractivity contribution < 1.29 is 29.0 Å². The van der Waals surface area contributed by atoms with Crippen molar-refractivity contribution in [3.8, 4) is 0 Å². The van der Waals surface area contributed by atoms with Gasteiger partial charge >= 0.3 is 12.1 Å². The molecule has 25 heavy (non-hydrogen) atoms. The van der Waals surface area contributed by atoms with Crippen LogP contribution in [0.1, 0.15) is 25.3 Å². The summed E-state index contributed by atoms with van der Waals surface area (Å²) in [5, 5.41) is 14.0. The molecular weight excluding hydrogens is 328 g/mol. The van der Waals surface area contributed by atoms with Crippen molar-refractivity contribution in [2.75, 3.05) is 13.7 Å². The molecule has 0 aliphatic carbocycles. The molecule has 0 saturated heterocycles. The fraction of sp³-hybridized carbons (Fsp3) is 0.471. The first-order chi connectivity index (χ1) is 12.0. The van der Waals surface area contributed by atoms with Crippen LogP contribution in [-0.4, -0.2) is 48.9 Å². The third kappa shape index (κ3) is 7.21. The summed E-state index contributed by atoms with van der Waals surface area (Å²) in [4.78, 5) is 35.6. The Balaban J connectivity index is 2.57. The Bertz CT molecular complexity index is 564. The number of hydrogen-bond acceptors (Lipinski definition) is 6. The average Bonchev–Trinajstić information content (AvgIpc) is 2.64. The van der Waals surface area contributed by atoms with Gasteiger partial charge in [-0.3, -0.25) is 4.79 Å². The molecule has 0 aliphatic heterocycles. The van der Waals surface area contributed by atoms with E-state index in [0.29, 0.717) is 12.8 Å². The zero-order chi connectivity index (χ0) is 18.7. The predicted octanol–water partition coefficient (Wildman–Crippen LogP) is 0.732. The van der Waals surface area contributed by atoms with Gasteiger partial charge in [-0.1, -0.05) is 43.7 Å². The summed E-state index contributed by atoms with van der Waals surface area (Å²) in [5.41, 5.74) is 0.820. The van der Waals surface area contributed by atoms with Crippen LogP contribution in [0.5, 0.6) is 0 Å². The number of ether oxygens (including phenoxy) is 2. The molecule has 0 saturated carbocycles. The monoisotopic (exact) mass is 352 g/mol. The normalized spacial score (nSPS) is 12.6. The number of methoxy groups -OCH3 is 1. The summed E-state index contributed by atoms with van der Waals surface area (Å²) in [6.07, 6.45) is 0.237. The molecule has 8 nitrogen and oxygen atoms in total. The minimum absolute atomic E-state index is 0.0779. The number of benzene rings is 1. The first-order valence-electron chi connectivity index (χ1n) is 7.98. The van der Waals surface area contributed by atoms with Crippen LogP contribution in [0.2, 0.25) is 0 Å². The summed E-state index contributed by atoms with van der Waals surface area (Å²) in [6, 6.07) is 7.06. The smallest absolute Gasteiger partial charge is 0.408 e. The first kappa shape index (κ1) is 20.4. The Hall–Kier alpha value is -2.61. The van der Waals surface area contributed by atoms with E-state index in [-0.39, 0.29) is 6.61 Å². The zero-order valence-corrected chi connectivity index (χ0v) is 14.4. The summed E-state index contributed by atoms with van der Waals surface area (Å²) in [5.74, 6) is -1.36. The van der Waals surface area contributed by atoms with E-state index in [1.807, 2.05) is 37.3 Å². The second-order valence-corrected chi connectivity index (χ2v) is 5.31. The van der Waals surface area contributed by atoms with Gasteiger partial charge in [0, 0.05) is 0 Å². The molecule has 8 heteroatoms. The maximum atomic E-state index is 12.2. The van der Waals surface area contributed by atoms with E-state index < -0.39 is 36.7 Å². The number of carbonyl (C=O) groups excluding carboxylic acids is 3. The number of nitrogens with one attached hydrogen (secondary N) is 2. The Kier molecular flexibility index (Phi) is 9.02. The number of rotatable bonds is 9. The number of aliphatic hydroxyl groups excluding tert-OH is 1.